The van der Waals surface area contributed by atoms with Crippen molar-refractivity contribution < 1.29 is 4.79 Å². The van der Waals surface area contributed by atoms with Crippen LogP contribution in [-0.4, -0.2) is 60.5 Å². The summed E-state index contributed by atoms with van der Waals surface area (Å²) in [6.07, 6.45) is 3.63. The van der Waals surface area contributed by atoms with E-state index in [9.17, 15) is 4.79 Å². The molecular formula is C13H25N3O. The Bertz CT molecular complexity index is 259. The Kier molecular flexibility index (Phi) is 4.40. The molecule has 0 aliphatic carbocycles. The molecule has 0 bridgehead atoms. The first-order valence-corrected chi connectivity index (χ1v) is 6.99. The van der Waals surface area contributed by atoms with Gasteiger partial charge in [-0.05, 0) is 32.7 Å². The van der Waals surface area contributed by atoms with E-state index in [1.165, 1.54) is 19.3 Å². The van der Waals surface area contributed by atoms with E-state index in [0.717, 1.165) is 32.7 Å². The Labute approximate surface area is 104 Å². The monoisotopic (exact) mass is 239 g/mol. The van der Waals surface area contributed by atoms with E-state index >= 15 is 0 Å². The summed E-state index contributed by atoms with van der Waals surface area (Å²) in [6.45, 7) is 9.17. The molecule has 0 aromatic rings. The van der Waals surface area contributed by atoms with Crippen molar-refractivity contribution in [2.45, 2.75) is 45.2 Å². The minimum Gasteiger partial charge on any atom is -0.341 e. The van der Waals surface area contributed by atoms with Crippen LogP contribution in [0.15, 0.2) is 0 Å². The van der Waals surface area contributed by atoms with Crippen molar-refractivity contribution in [2.24, 2.45) is 0 Å². The maximum Gasteiger partial charge on any atom is 0.239 e. The van der Waals surface area contributed by atoms with Gasteiger partial charge in [0.15, 0.2) is 0 Å². The van der Waals surface area contributed by atoms with Gasteiger partial charge in [0.25, 0.3) is 0 Å². The molecule has 0 spiro atoms. The number of nitrogens with one attached hydrogen (secondary N) is 1. The van der Waals surface area contributed by atoms with Crippen molar-refractivity contribution in [1.29, 1.82) is 0 Å². The van der Waals surface area contributed by atoms with E-state index < -0.39 is 0 Å². The molecule has 98 valence electrons. The number of likely N-dealkylation sites (N-methyl/N-ethyl adjacent to an activating group) is 1. The van der Waals surface area contributed by atoms with E-state index in [-0.39, 0.29) is 6.04 Å². The average molecular weight is 239 g/mol. The molecule has 4 nitrogen and oxygen atoms in total. The summed E-state index contributed by atoms with van der Waals surface area (Å²) in [5.74, 6) is 0.332. The fraction of sp³-hybridized carbons (Fsp3) is 0.923. The number of hydrogen-bond donors (Lipinski definition) is 1. The SMILES string of the molecule is CCN(C1CNC1)C(C)C(=O)N1CCCCC1. The van der Waals surface area contributed by atoms with Crippen molar-refractivity contribution in [2.75, 3.05) is 32.7 Å². The second-order valence-corrected chi connectivity index (χ2v) is 5.20. The molecule has 0 radical (unpaired) electrons. The summed E-state index contributed by atoms with van der Waals surface area (Å²) in [5.41, 5.74) is 0. The van der Waals surface area contributed by atoms with E-state index in [1.54, 1.807) is 0 Å². The molecule has 0 aromatic heterocycles. The summed E-state index contributed by atoms with van der Waals surface area (Å²) in [7, 11) is 0. The smallest absolute Gasteiger partial charge is 0.239 e. The number of likely N-dealkylation sites (tertiary alicyclic amines) is 1. The molecule has 2 heterocycles. The highest BCUT2D eigenvalue weighted by molar-refractivity contribution is 5.81. The van der Waals surface area contributed by atoms with Crippen molar-refractivity contribution in [3.8, 4) is 0 Å². The maximum absolute atomic E-state index is 12.4. The molecule has 1 N–H and O–H groups in total. The van der Waals surface area contributed by atoms with Crippen molar-refractivity contribution in [3.05, 3.63) is 0 Å². The molecule has 2 aliphatic heterocycles. The number of hydrogen-bond acceptors (Lipinski definition) is 3. The summed E-state index contributed by atoms with van der Waals surface area (Å²) in [6, 6.07) is 0.606. The zero-order valence-corrected chi connectivity index (χ0v) is 11.1. The van der Waals surface area contributed by atoms with E-state index in [4.69, 9.17) is 0 Å². The lowest BCUT2D eigenvalue weighted by Crippen LogP contribution is -2.62. The van der Waals surface area contributed by atoms with Gasteiger partial charge in [-0.3, -0.25) is 9.69 Å². The largest absolute Gasteiger partial charge is 0.341 e. The number of nitrogens with zero attached hydrogens (tertiary/aromatic N) is 2. The lowest BCUT2D eigenvalue weighted by molar-refractivity contribution is -0.138. The molecule has 17 heavy (non-hydrogen) atoms. The van der Waals surface area contributed by atoms with Gasteiger partial charge in [0.1, 0.15) is 0 Å². The average Bonchev–Trinajstić information content (AvgIpc) is 2.32. The molecule has 1 amide bonds. The first-order chi connectivity index (χ1) is 8.24. The first-order valence-electron chi connectivity index (χ1n) is 6.99. The third-order valence-corrected chi connectivity index (χ3v) is 4.12. The van der Waals surface area contributed by atoms with Crippen LogP contribution in [0.2, 0.25) is 0 Å². The highest BCUT2D eigenvalue weighted by Gasteiger charge is 2.32. The number of carbonyl (C=O) groups excluding carboxylic acids is 1. The fourth-order valence-corrected chi connectivity index (χ4v) is 2.88. The van der Waals surface area contributed by atoms with Crippen LogP contribution in [0.5, 0.6) is 0 Å². The lowest BCUT2D eigenvalue weighted by atomic mass is 10.1. The van der Waals surface area contributed by atoms with Crippen LogP contribution >= 0.6 is 0 Å². The van der Waals surface area contributed by atoms with Gasteiger partial charge in [-0.1, -0.05) is 6.92 Å². The van der Waals surface area contributed by atoms with Crippen LogP contribution in [0.3, 0.4) is 0 Å². The Hall–Kier alpha value is -0.610. The number of piperidine rings is 1. The summed E-state index contributed by atoms with van der Waals surface area (Å²) in [4.78, 5) is 16.8. The molecule has 2 rings (SSSR count). The lowest BCUT2D eigenvalue weighted by Gasteiger charge is -2.42. The van der Waals surface area contributed by atoms with Crippen LogP contribution in [0.1, 0.15) is 33.1 Å². The first kappa shape index (κ1) is 12.8. The van der Waals surface area contributed by atoms with Gasteiger partial charge in [-0.15, -0.1) is 0 Å². The predicted octanol–water partition coefficient (Wildman–Crippen LogP) is 0.681. The Balaban J connectivity index is 1.91. The zero-order chi connectivity index (χ0) is 12.3. The normalized spacial score (nSPS) is 23.6. The second-order valence-electron chi connectivity index (χ2n) is 5.20. The van der Waals surface area contributed by atoms with Gasteiger partial charge in [0.2, 0.25) is 5.91 Å². The van der Waals surface area contributed by atoms with Gasteiger partial charge in [-0.2, -0.15) is 0 Å². The predicted molar refractivity (Wildman–Crippen MR) is 68.9 cm³/mol. The van der Waals surface area contributed by atoms with Crippen molar-refractivity contribution in [3.63, 3.8) is 0 Å². The fourth-order valence-electron chi connectivity index (χ4n) is 2.88. The molecular weight excluding hydrogens is 214 g/mol. The van der Waals surface area contributed by atoms with Crippen LogP contribution in [0, 0.1) is 0 Å². The summed E-state index contributed by atoms with van der Waals surface area (Å²) >= 11 is 0. The molecule has 1 unspecified atom stereocenters. The van der Waals surface area contributed by atoms with Crippen LogP contribution in [0.25, 0.3) is 0 Å². The molecule has 2 fully saturated rings. The minimum atomic E-state index is 0.0465. The van der Waals surface area contributed by atoms with Crippen LogP contribution in [-0.2, 0) is 4.79 Å². The van der Waals surface area contributed by atoms with Gasteiger partial charge in [-0.25, -0.2) is 0 Å². The van der Waals surface area contributed by atoms with E-state index in [1.807, 2.05) is 0 Å². The third-order valence-electron chi connectivity index (χ3n) is 4.12. The molecule has 0 saturated carbocycles. The van der Waals surface area contributed by atoms with Crippen molar-refractivity contribution in [1.82, 2.24) is 15.1 Å². The summed E-state index contributed by atoms with van der Waals surface area (Å²) in [5, 5.41) is 3.28. The van der Waals surface area contributed by atoms with E-state index in [2.05, 4.69) is 29.0 Å². The standard InChI is InChI=1S/C13H25N3O/c1-3-16(12-9-14-10-12)11(2)13(17)15-7-5-4-6-8-15/h11-12,14H,3-10H2,1-2H3. The second kappa shape index (κ2) is 5.83. The quantitative estimate of drug-likeness (QED) is 0.784. The summed E-state index contributed by atoms with van der Waals surface area (Å²) < 4.78 is 0. The van der Waals surface area contributed by atoms with Gasteiger partial charge >= 0.3 is 0 Å². The number of carbonyl (C=O) groups is 1. The Morgan fingerprint density at radius 1 is 1.35 bits per heavy atom. The highest BCUT2D eigenvalue weighted by atomic mass is 16.2. The number of amides is 1. The number of rotatable bonds is 4. The van der Waals surface area contributed by atoms with Crippen LogP contribution in [0.4, 0.5) is 0 Å². The van der Waals surface area contributed by atoms with Crippen molar-refractivity contribution >= 4 is 5.91 Å². The van der Waals surface area contributed by atoms with E-state index in [0.29, 0.717) is 11.9 Å². The molecule has 2 saturated heterocycles. The molecule has 1 atom stereocenters. The third kappa shape index (κ3) is 2.80. The van der Waals surface area contributed by atoms with Gasteiger partial charge < -0.3 is 10.2 Å². The molecule has 0 aromatic carbocycles. The van der Waals surface area contributed by atoms with Gasteiger partial charge in [0.05, 0.1) is 6.04 Å². The molecule has 2 aliphatic rings. The Morgan fingerprint density at radius 3 is 2.47 bits per heavy atom. The topological polar surface area (TPSA) is 35.6 Å². The maximum atomic E-state index is 12.4. The molecule has 4 heteroatoms. The highest BCUT2D eigenvalue weighted by Crippen LogP contribution is 2.15. The minimum absolute atomic E-state index is 0.0465. The zero-order valence-electron chi connectivity index (χ0n) is 11.1. The van der Waals surface area contributed by atoms with Gasteiger partial charge in [0, 0.05) is 32.2 Å². The Morgan fingerprint density at radius 2 is 2.00 bits per heavy atom. The van der Waals surface area contributed by atoms with Crippen LogP contribution < -0.4 is 5.32 Å².